The van der Waals surface area contributed by atoms with E-state index in [-0.39, 0.29) is 35.9 Å². The third kappa shape index (κ3) is 5.05. The lowest BCUT2D eigenvalue weighted by Gasteiger charge is -2.26. The number of carbonyl (C=O) groups excluding carboxylic acids is 3. The van der Waals surface area contributed by atoms with Gasteiger partial charge in [0.15, 0.2) is 11.6 Å². The highest BCUT2D eigenvalue weighted by molar-refractivity contribution is 6.22. The van der Waals surface area contributed by atoms with E-state index in [0.717, 1.165) is 38.4 Å². The summed E-state index contributed by atoms with van der Waals surface area (Å²) in [5, 5.41) is 3.10. The van der Waals surface area contributed by atoms with E-state index in [1.807, 2.05) is 6.07 Å². The first-order valence-corrected chi connectivity index (χ1v) is 9.57. The number of nitrogens with one attached hydrogen (secondary N) is 1. The maximum Gasteiger partial charge on any atom is 0.337 e. The molecule has 28 heavy (non-hydrogen) atoms. The van der Waals surface area contributed by atoms with Gasteiger partial charge in [0, 0.05) is 45.2 Å². The highest BCUT2D eigenvalue weighted by Gasteiger charge is 2.31. The second kappa shape index (κ2) is 9.61. The fraction of sp³-hybridized carbons (Fsp3) is 0.476. The highest BCUT2D eigenvalue weighted by atomic mass is 16.5. The first-order chi connectivity index (χ1) is 13.6. The van der Waals surface area contributed by atoms with Crippen LogP contribution in [0.1, 0.15) is 34.7 Å². The number of methoxy groups -OCH3 is 1. The first-order valence-electron chi connectivity index (χ1n) is 9.57. The van der Waals surface area contributed by atoms with Crippen molar-refractivity contribution in [1.29, 1.82) is 0 Å². The van der Waals surface area contributed by atoms with Crippen LogP contribution in [-0.2, 0) is 19.1 Å². The number of esters is 1. The quantitative estimate of drug-likeness (QED) is 0.341. The second-order valence-electron chi connectivity index (χ2n) is 7.03. The van der Waals surface area contributed by atoms with Crippen LogP contribution in [-0.4, -0.2) is 68.9 Å². The van der Waals surface area contributed by atoms with Crippen molar-refractivity contribution in [3.05, 3.63) is 47.2 Å². The van der Waals surface area contributed by atoms with Gasteiger partial charge in [0.25, 0.3) is 0 Å². The van der Waals surface area contributed by atoms with Crippen molar-refractivity contribution in [2.75, 3.05) is 46.5 Å². The molecule has 0 atom stereocenters. The molecule has 0 unspecified atom stereocenters. The van der Waals surface area contributed by atoms with Crippen molar-refractivity contribution < 1.29 is 23.9 Å². The molecule has 2 fully saturated rings. The van der Waals surface area contributed by atoms with Gasteiger partial charge < -0.3 is 14.8 Å². The van der Waals surface area contributed by atoms with E-state index in [4.69, 9.17) is 9.47 Å². The Balaban J connectivity index is 1.57. The van der Waals surface area contributed by atoms with Gasteiger partial charge in [-0.15, -0.1) is 0 Å². The Bertz CT molecular complexity index is 748. The lowest BCUT2D eigenvalue weighted by Crippen LogP contribution is -2.39. The standard InChI is InChI=1S/C21H26N2O5/c1-27-21(26)16-4-2-3-15(11-16)17-12-19(24)18(20(25)13-17)14-22-5-6-23-7-9-28-10-8-23/h2-4,11,14,17,22H,5-10,12-13H2,1H3. The zero-order chi connectivity index (χ0) is 19.9. The van der Waals surface area contributed by atoms with Crippen LogP contribution in [0.4, 0.5) is 0 Å². The van der Waals surface area contributed by atoms with Gasteiger partial charge in [-0.3, -0.25) is 14.5 Å². The molecule has 7 heteroatoms. The van der Waals surface area contributed by atoms with Crippen LogP contribution < -0.4 is 5.32 Å². The first kappa shape index (κ1) is 20.2. The number of nitrogens with zero attached hydrogens (tertiary/aromatic N) is 1. The average Bonchev–Trinajstić information content (AvgIpc) is 2.72. The van der Waals surface area contributed by atoms with E-state index in [1.54, 1.807) is 24.4 Å². The lowest BCUT2D eigenvalue weighted by atomic mass is 9.80. The minimum Gasteiger partial charge on any atom is -0.465 e. The molecule has 0 radical (unpaired) electrons. The zero-order valence-corrected chi connectivity index (χ0v) is 16.1. The molecule has 1 aliphatic heterocycles. The summed E-state index contributed by atoms with van der Waals surface area (Å²) >= 11 is 0. The van der Waals surface area contributed by atoms with Crippen molar-refractivity contribution in [1.82, 2.24) is 10.2 Å². The molecule has 2 aliphatic rings. The van der Waals surface area contributed by atoms with E-state index in [9.17, 15) is 14.4 Å². The van der Waals surface area contributed by atoms with Gasteiger partial charge in [-0.2, -0.15) is 0 Å². The summed E-state index contributed by atoms with van der Waals surface area (Å²) in [6.07, 6.45) is 2.08. The third-order valence-electron chi connectivity index (χ3n) is 5.17. The Hall–Kier alpha value is -2.51. The molecule has 7 nitrogen and oxygen atoms in total. The van der Waals surface area contributed by atoms with Crippen LogP contribution in [0, 0.1) is 0 Å². The second-order valence-corrected chi connectivity index (χ2v) is 7.03. The van der Waals surface area contributed by atoms with Crippen molar-refractivity contribution in [2.45, 2.75) is 18.8 Å². The van der Waals surface area contributed by atoms with Gasteiger partial charge in [0.2, 0.25) is 0 Å². The van der Waals surface area contributed by atoms with Crippen molar-refractivity contribution in [3.63, 3.8) is 0 Å². The van der Waals surface area contributed by atoms with Gasteiger partial charge >= 0.3 is 5.97 Å². The van der Waals surface area contributed by atoms with Crippen LogP contribution in [0.3, 0.4) is 0 Å². The van der Waals surface area contributed by atoms with Crippen molar-refractivity contribution in [3.8, 4) is 0 Å². The summed E-state index contributed by atoms with van der Waals surface area (Å²) < 4.78 is 10.0. The molecule has 3 rings (SSSR count). The molecule has 1 aromatic rings. The van der Waals surface area contributed by atoms with Gasteiger partial charge in [0.1, 0.15) is 0 Å². The fourth-order valence-electron chi connectivity index (χ4n) is 3.55. The molecule has 1 heterocycles. The van der Waals surface area contributed by atoms with Gasteiger partial charge in [-0.05, 0) is 23.6 Å². The molecule has 0 amide bonds. The molecular formula is C21H26N2O5. The summed E-state index contributed by atoms with van der Waals surface area (Å²) in [5.74, 6) is -0.970. The largest absolute Gasteiger partial charge is 0.465 e. The Morgan fingerprint density at radius 2 is 1.96 bits per heavy atom. The molecule has 150 valence electrons. The fourth-order valence-corrected chi connectivity index (χ4v) is 3.55. The molecule has 1 aromatic carbocycles. The summed E-state index contributed by atoms with van der Waals surface area (Å²) in [6.45, 7) is 4.82. The average molecular weight is 386 g/mol. The van der Waals surface area contributed by atoms with Crippen LogP contribution in [0.2, 0.25) is 0 Å². The SMILES string of the molecule is COC(=O)c1cccc(C2CC(=O)C(=CNCCN3CCOCC3)C(=O)C2)c1. The molecule has 0 spiro atoms. The maximum atomic E-state index is 12.5. The summed E-state index contributed by atoms with van der Waals surface area (Å²) in [6, 6.07) is 6.94. The number of ketones is 2. The normalized spacial score (nSPS) is 20.8. The maximum absolute atomic E-state index is 12.5. The molecule has 1 saturated heterocycles. The molecule has 1 aliphatic carbocycles. The number of hydrogen-bond donors (Lipinski definition) is 1. The lowest BCUT2D eigenvalue weighted by molar-refractivity contribution is -0.124. The minimum absolute atomic E-state index is 0.163. The number of ether oxygens (including phenoxy) is 2. The number of rotatable bonds is 6. The Morgan fingerprint density at radius 1 is 1.25 bits per heavy atom. The van der Waals surface area contributed by atoms with Crippen LogP contribution in [0.15, 0.2) is 36.0 Å². The predicted octanol–water partition coefficient (Wildman–Crippen LogP) is 1.29. The van der Waals surface area contributed by atoms with Gasteiger partial charge in [-0.25, -0.2) is 4.79 Å². The number of allylic oxidation sites excluding steroid dienone is 1. The van der Waals surface area contributed by atoms with Gasteiger partial charge in [0.05, 0.1) is 31.5 Å². The molecule has 0 bridgehead atoms. The Labute approximate surface area is 164 Å². The van der Waals surface area contributed by atoms with E-state index >= 15 is 0 Å². The summed E-state index contributed by atoms with van der Waals surface area (Å²) in [7, 11) is 1.33. The van der Waals surface area contributed by atoms with E-state index in [1.165, 1.54) is 7.11 Å². The van der Waals surface area contributed by atoms with Crippen molar-refractivity contribution in [2.24, 2.45) is 0 Å². The van der Waals surface area contributed by atoms with Crippen LogP contribution in [0.5, 0.6) is 0 Å². The monoisotopic (exact) mass is 386 g/mol. The summed E-state index contributed by atoms with van der Waals surface area (Å²) in [5.41, 5.74) is 1.47. The number of benzene rings is 1. The Kier molecular flexibility index (Phi) is 6.95. The van der Waals surface area contributed by atoms with E-state index in [2.05, 4.69) is 10.2 Å². The van der Waals surface area contributed by atoms with E-state index < -0.39 is 5.97 Å². The predicted molar refractivity (Wildman–Crippen MR) is 103 cm³/mol. The van der Waals surface area contributed by atoms with E-state index in [0.29, 0.717) is 12.1 Å². The molecular weight excluding hydrogens is 360 g/mol. The Morgan fingerprint density at radius 3 is 2.64 bits per heavy atom. The third-order valence-corrected chi connectivity index (χ3v) is 5.17. The van der Waals surface area contributed by atoms with Crippen LogP contribution in [0.25, 0.3) is 0 Å². The minimum atomic E-state index is -0.430. The number of hydrogen-bond acceptors (Lipinski definition) is 7. The number of morpholine rings is 1. The molecule has 0 aromatic heterocycles. The van der Waals surface area contributed by atoms with Gasteiger partial charge in [-0.1, -0.05) is 12.1 Å². The molecule has 1 N–H and O–H groups in total. The smallest absolute Gasteiger partial charge is 0.337 e. The highest BCUT2D eigenvalue weighted by Crippen LogP contribution is 2.31. The molecule has 1 saturated carbocycles. The topological polar surface area (TPSA) is 84.9 Å². The number of Topliss-reactive ketones (excluding diaryl/α,β-unsaturated/α-hetero) is 2. The van der Waals surface area contributed by atoms with Crippen molar-refractivity contribution >= 4 is 17.5 Å². The zero-order valence-electron chi connectivity index (χ0n) is 16.1. The van der Waals surface area contributed by atoms with Crippen LogP contribution >= 0.6 is 0 Å². The number of carbonyl (C=O) groups is 3. The summed E-state index contributed by atoms with van der Waals surface area (Å²) in [4.78, 5) is 39.0.